The van der Waals surface area contributed by atoms with Gasteiger partial charge in [-0.2, -0.15) is 0 Å². The first kappa shape index (κ1) is 23.4. The van der Waals surface area contributed by atoms with Gasteiger partial charge in [0.15, 0.2) is 0 Å². The fourth-order valence-electron chi connectivity index (χ4n) is 5.61. The summed E-state index contributed by atoms with van der Waals surface area (Å²) in [4.78, 5) is 39.0. The molecule has 5 rings (SSSR count). The number of benzene rings is 2. The molecule has 7 heteroatoms. The van der Waals surface area contributed by atoms with Crippen molar-refractivity contribution in [2.24, 2.45) is 23.7 Å². The fraction of sp³-hybridized carbons (Fsp3) is 0.464. The summed E-state index contributed by atoms with van der Waals surface area (Å²) < 4.78 is 5.63. The summed E-state index contributed by atoms with van der Waals surface area (Å²) in [6.07, 6.45) is 2.38. The maximum Gasteiger partial charge on any atom is 0.407 e. The van der Waals surface area contributed by atoms with E-state index in [4.69, 9.17) is 4.74 Å². The Balaban J connectivity index is 1.19. The van der Waals surface area contributed by atoms with Crippen LogP contribution in [0.2, 0.25) is 0 Å². The number of amides is 2. The maximum absolute atomic E-state index is 13.2. The molecule has 0 aromatic heterocycles. The van der Waals surface area contributed by atoms with Crippen LogP contribution in [0.4, 0.5) is 4.79 Å². The zero-order valence-electron chi connectivity index (χ0n) is 20.0. The van der Waals surface area contributed by atoms with Crippen molar-refractivity contribution < 1.29 is 24.2 Å². The number of alkyl carbamates (subject to hydrolysis) is 1. The van der Waals surface area contributed by atoms with Gasteiger partial charge < -0.3 is 20.1 Å². The molecule has 35 heavy (non-hydrogen) atoms. The highest BCUT2D eigenvalue weighted by atomic mass is 16.5. The monoisotopic (exact) mass is 476 g/mol. The molecule has 1 heterocycles. The zero-order valence-corrected chi connectivity index (χ0v) is 20.0. The molecule has 2 aromatic carbocycles. The Kier molecular flexibility index (Phi) is 6.50. The fourth-order valence-corrected chi connectivity index (χ4v) is 5.61. The molecule has 1 saturated heterocycles. The summed E-state index contributed by atoms with van der Waals surface area (Å²) >= 11 is 0. The van der Waals surface area contributed by atoms with Crippen molar-refractivity contribution in [2.75, 3.05) is 26.2 Å². The first-order valence-electron chi connectivity index (χ1n) is 12.5. The average molecular weight is 477 g/mol. The van der Waals surface area contributed by atoms with Crippen molar-refractivity contribution in [3.63, 3.8) is 0 Å². The van der Waals surface area contributed by atoms with Crippen LogP contribution >= 0.6 is 0 Å². The Morgan fingerprint density at radius 2 is 1.66 bits per heavy atom. The lowest BCUT2D eigenvalue weighted by molar-refractivity contribution is -0.142. The topological polar surface area (TPSA) is 95.9 Å². The molecular weight excluding hydrogens is 444 g/mol. The molecule has 1 unspecified atom stereocenters. The van der Waals surface area contributed by atoms with Gasteiger partial charge in [0, 0.05) is 25.6 Å². The third-order valence-electron chi connectivity index (χ3n) is 7.74. The molecule has 2 aromatic rings. The predicted octanol–water partition coefficient (Wildman–Crippen LogP) is 4.12. The molecule has 0 spiro atoms. The summed E-state index contributed by atoms with van der Waals surface area (Å²) in [6, 6.07) is 16.4. The van der Waals surface area contributed by atoms with Gasteiger partial charge in [0.2, 0.25) is 5.91 Å². The first-order chi connectivity index (χ1) is 16.9. The van der Waals surface area contributed by atoms with Gasteiger partial charge in [-0.25, -0.2) is 4.79 Å². The number of hydrogen-bond donors (Lipinski definition) is 2. The van der Waals surface area contributed by atoms with E-state index < -0.39 is 18.0 Å². The number of likely N-dealkylation sites (tertiary alicyclic amines) is 1. The van der Waals surface area contributed by atoms with Gasteiger partial charge in [-0.05, 0) is 40.5 Å². The Labute approximate surface area is 205 Å². The molecule has 3 atom stereocenters. The number of carboxylic acids is 1. The number of carbonyl (C=O) groups excluding carboxylic acids is 2. The van der Waals surface area contributed by atoms with Gasteiger partial charge in [0.05, 0.1) is 11.8 Å². The Hall–Kier alpha value is -3.35. The molecule has 2 fully saturated rings. The van der Waals surface area contributed by atoms with E-state index in [1.807, 2.05) is 31.2 Å². The standard InChI is InChI=1S/C28H32N2O5/c1-17-14-30(15-24(17)27(32)33)26(31)19(12-18-10-11-18)13-29-28(34)35-16-25-22-8-4-2-6-20(22)21-7-3-5-9-23(21)25/h2-9,17-19,24-25H,10-16H2,1H3,(H,29,34)(H,32,33)/t17-,19?,24-/m1/s1. The minimum atomic E-state index is -0.858. The van der Waals surface area contributed by atoms with Crippen LogP contribution in [-0.2, 0) is 14.3 Å². The molecule has 3 aliphatic rings. The average Bonchev–Trinajstić information content (AvgIpc) is 3.50. The van der Waals surface area contributed by atoms with Crippen LogP contribution in [-0.4, -0.2) is 54.2 Å². The van der Waals surface area contributed by atoms with Gasteiger partial charge in [-0.3, -0.25) is 9.59 Å². The van der Waals surface area contributed by atoms with Crippen LogP contribution in [0, 0.1) is 23.7 Å². The molecule has 184 valence electrons. The second kappa shape index (κ2) is 9.72. The van der Waals surface area contributed by atoms with E-state index in [0.717, 1.165) is 24.0 Å². The van der Waals surface area contributed by atoms with Gasteiger partial charge in [0.1, 0.15) is 6.61 Å². The number of nitrogens with one attached hydrogen (secondary N) is 1. The highest BCUT2D eigenvalue weighted by molar-refractivity contribution is 5.82. The van der Waals surface area contributed by atoms with Gasteiger partial charge in [-0.15, -0.1) is 0 Å². The lowest BCUT2D eigenvalue weighted by Gasteiger charge is -2.24. The van der Waals surface area contributed by atoms with Crippen LogP contribution in [0.25, 0.3) is 11.1 Å². The quantitative estimate of drug-likeness (QED) is 0.598. The SMILES string of the molecule is C[C@@H]1CN(C(=O)C(CNC(=O)OCC2c3ccccc3-c3ccccc32)CC2CC2)C[C@H]1C(=O)O. The maximum atomic E-state index is 13.2. The van der Waals surface area contributed by atoms with Crippen molar-refractivity contribution in [3.8, 4) is 11.1 Å². The minimum Gasteiger partial charge on any atom is -0.481 e. The normalized spacial score (nSPS) is 21.8. The van der Waals surface area contributed by atoms with Crippen molar-refractivity contribution in [1.29, 1.82) is 0 Å². The molecule has 2 aliphatic carbocycles. The molecule has 0 radical (unpaired) electrons. The minimum absolute atomic E-state index is 0.0175. The number of fused-ring (bicyclic) bond motifs is 3. The lowest BCUT2D eigenvalue weighted by Crippen LogP contribution is -2.41. The van der Waals surface area contributed by atoms with E-state index >= 15 is 0 Å². The number of hydrogen-bond acceptors (Lipinski definition) is 4. The predicted molar refractivity (Wildman–Crippen MR) is 131 cm³/mol. The van der Waals surface area contributed by atoms with Crippen molar-refractivity contribution in [2.45, 2.75) is 32.1 Å². The smallest absolute Gasteiger partial charge is 0.407 e. The molecule has 1 aliphatic heterocycles. The first-order valence-corrected chi connectivity index (χ1v) is 12.5. The lowest BCUT2D eigenvalue weighted by atomic mass is 9.98. The number of ether oxygens (including phenoxy) is 1. The number of carbonyl (C=O) groups is 3. The van der Waals surface area contributed by atoms with E-state index in [0.29, 0.717) is 18.9 Å². The number of nitrogens with zero attached hydrogens (tertiary/aromatic N) is 1. The largest absolute Gasteiger partial charge is 0.481 e. The van der Waals surface area contributed by atoms with E-state index in [-0.39, 0.29) is 43.4 Å². The number of rotatable bonds is 8. The third-order valence-corrected chi connectivity index (χ3v) is 7.74. The van der Waals surface area contributed by atoms with Crippen LogP contribution < -0.4 is 5.32 Å². The Bertz CT molecular complexity index is 1080. The Morgan fingerprint density at radius 3 is 2.23 bits per heavy atom. The molecule has 2 N–H and O–H groups in total. The van der Waals surface area contributed by atoms with Gasteiger partial charge in [-0.1, -0.05) is 68.3 Å². The highest BCUT2D eigenvalue weighted by Crippen LogP contribution is 2.44. The van der Waals surface area contributed by atoms with Crippen LogP contribution in [0.15, 0.2) is 48.5 Å². The molecule has 2 amide bonds. The zero-order chi connectivity index (χ0) is 24.5. The second-order valence-electron chi connectivity index (χ2n) is 10.2. The van der Waals surface area contributed by atoms with E-state index in [1.165, 1.54) is 11.1 Å². The van der Waals surface area contributed by atoms with Crippen LogP contribution in [0.1, 0.15) is 43.2 Å². The van der Waals surface area contributed by atoms with Crippen LogP contribution in [0.3, 0.4) is 0 Å². The Morgan fingerprint density at radius 1 is 1.03 bits per heavy atom. The highest BCUT2D eigenvalue weighted by Gasteiger charge is 2.40. The summed E-state index contributed by atoms with van der Waals surface area (Å²) in [5.41, 5.74) is 4.65. The van der Waals surface area contributed by atoms with Crippen LogP contribution in [0.5, 0.6) is 0 Å². The van der Waals surface area contributed by atoms with E-state index in [1.54, 1.807) is 4.90 Å². The van der Waals surface area contributed by atoms with Crippen molar-refractivity contribution in [3.05, 3.63) is 59.7 Å². The van der Waals surface area contributed by atoms with Crippen molar-refractivity contribution in [1.82, 2.24) is 10.2 Å². The summed E-state index contributed by atoms with van der Waals surface area (Å²) in [6.45, 7) is 2.99. The number of aliphatic carboxylic acids is 1. The third kappa shape index (κ3) is 4.90. The molecule has 7 nitrogen and oxygen atoms in total. The molecular formula is C28H32N2O5. The van der Waals surface area contributed by atoms with E-state index in [2.05, 4.69) is 29.6 Å². The second-order valence-corrected chi connectivity index (χ2v) is 10.2. The summed E-state index contributed by atoms with van der Waals surface area (Å²) in [5.74, 6) is -1.40. The summed E-state index contributed by atoms with van der Waals surface area (Å²) in [7, 11) is 0. The van der Waals surface area contributed by atoms with Crippen molar-refractivity contribution >= 4 is 18.0 Å². The molecule has 1 saturated carbocycles. The summed E-state index contributed by atoms with van der Waals surface area (Å²) in [5, 5.41) is 12.2. The number of carboxylic acid groups (broad SMARTS) is 1. The van der Waals surface area contributed by atoms with E-state index in [9.17, 15) is 19.5 Å². The van der Waals surface area contributed by atoms with Gasteiger partial charge >= 0.3 is 12.1 Å². The molecule has 0 bridgehead atoms. The van der Waals surface area contributed by atoms with Gasteiger partial charge in [0.25, 0.3) is 0 Å².